The monoisotopic (exact) mass is 359 g/mol. The molecule has 2 aromatic carbocycles. The Morgan fingerprint density at radius 1 is 0.885 bits per heavy atom. The highest BCUT2D eigenvalue weighted by Crippen LogP contribution is 2.31. The number of aryl methyl sites for hydroxylation is 1. The van der Waals surface area contributed by atoms with Crippen LogP contribution in [0.1, 0.15) is 16.7 Å². The maximum absolute atomic E-state index is 4.67. The summed E-state index contributed by atoms with van der Waals surface area (Å²) in [4.78, 5) is 12.6. The van der Waals surface area contributed by atoms with E-state index in [9.17, 15) is 0 Å². The lowest BCUT2D eigenvalue weighted by Crippen LogP contribution is -2.26. The smallest absolute Gasteiger partial charge is 0.141 e. The second-order valence-electron chi connectivity index (χ2n) is 6.44. The predicted molar refractivity (Wildman–Crippen MR) is 110 cm³/mol. The molecule has 0 N–H and O–H groups in total. The van der Waals surface area contributed by atoms with E-state index in [4.69, 9.17) is 0 Å². The maximum Gasteiger partial charge on any atom is 0.141 e. The summed E-state index contributed by atoms with van der Waals surface area (Å²) in [7, 11) is 0. The normalized spacial score (nSPS) is 11.0. The number of rotatable bonds is 6. The standard InChI is InChI=1S/C22H21N3S/c1-17-15-26-22-20(17)21(23-16-24-22)25(14-19-10-6-3-7-11-19)13-12-18-8-4-2-5-9-18/h2-11,15-16H,12-14H2,1H3. The molecule has 0 spiro atoms. The molecule has 2 heterocycles. The summed E-state index contributed by atoms with van der Waals surface area (Å²) in [5.74, 6) is 1.04. The van der Waals surface area contributed by atoms with Gasteiger partial charge in [0.1, 0.15) is 17.0 Å². The third-order valence-corrected chi connectivity index (χ3v) is 5.57. The van der Waals surface area contributed by atoms with E-state index in [1.807, 2.05) is 0 Å². The van der Waals surface area contributed by atoms with Crippen LogP contribution in [0.5, 0.6) is 0 Å². The van der Waals surface area contributed by atoms with Crippen molar-refractivity contribution in [1.82, 2.24) is 9.97 Å². The van der Waals surface area contributed by atoms with Crippen molar-refractivity contribution < 1.29 is 0 Å². The Hall–Kier alpha value is -2.72. The highest BCUT2D eigenvalue weighted by Gasteiger charge is 2.16. The molecule has 0 aliphatic heterocycles. The third-order valence-electron chi connectivity index (χ3n) is 4.56. The second kappa shape index (κ2) is 7.67. The first-order valence-corrected chi connectivity index (χ1v) is 9.71. The topological polar surface area (TPSA) is 29.0 Å². The quantitative estimate of drug-likeness (QED) is 0.471. The number of thiophene rings is 1. The van der Waals surface area contributed by atoms with Crippen LogP contribution in [0.4, 0.5) is 5.82 Å². The molecule has 0 bridgehead atoms. The summed E-state index contributed by atoms with van der Waals surface area (Å²) < 4.78 is 0. The van der Waals surface area contributed by atoms with Crippen LogP contribution in [0.15, 0.2) is 72.4 Å². The summed E-state index contributed by atoms with van der Waals surface area (Å²) in [6.45, 7) is 3.90. The molecular formula is C22H21N3S. The average Bonchev–Trinajstić information content (AvgIpc) is 3.08. The summed E-state index contributed by atoms with van der Waals surface area (Å²) in [6, 6.07) is 21.2. The van der Waals surface area contributed by atoms with Gasteiger partial charge < -0.3 is 4.90 Å². The van der Waals surface area contributed by atoms with Crippen LogP contribution in [-0.2, 0) is 13.0 Å². The minimum absolute atomic E-state index is 0.842. The van der Waals surface area contributed by atoms with Gasteiger partial charge in [0, 0.05) is 13.1 Å². The zero-order valence-electron chi connectivity index (χ0n) is 14.8. The number of aromatic nitrogens is 2. The SMILES string of the molecule is Cc1csc2ncnc(N(CCc3ccccc3)Cc3ccccc3)c12. The molecule has 0 saturated heterocycles. The molecular weight excluding hydrogens is 338 g/mol. The zero-order valence-corrected chi connectivity index (χ0v) is 15.6. The van der Waals surface area contributed by atoms with E-state index in [1.54, 1.807) is 17.7 Å². The van der Waals surface area contributed by atoms with Crippen LogP contribution in [-0.4, -0.2) is 16.5 Å². The van der Waals surface area contributed by atoms with Gasteiger partial charge in [-0.1, -0.05) is 60.7 Å². The van der Waals surface area contributed by atoms with Gasteiger partial charge in [-0.25, -0.2) is 9.97 Å². The van der Waals surface area contributed by atoms with E-state index in [2.05, 4.69) is 87.8 Å². The highest BCUT2D eigenvalue weighted by molar-refractivity contribution is 7.17. The van der Waals surface area contributed by atoms with Crippen LogP contribution >= 0.6 is 11.3 Å². The molecule has 4 rings (SSSR count). The molecule has 130 valence electrons. The highest BCUT2D eigenvalue weighted by atomic mass is 32.1. The van der Waals surface area contributed by atoms with E-state index in [-0.39, 0.29) is 0 Å². The van der Waals surface area contributed by atoms with Crippen LogP contribution in [0, 0.1) is 6.92 Å². The fourth-order valence-corrected chi connectivity index (χ4v) is 4.09. The predicted octanol–water partition coefficient (Wildman–Crippen LogP) is 5.25. The van der Waals surface area contributed by atoms with E-state index in [1.165, 1.54) is 22.1 Å². The van der Waals surface area contributed by atoms with Gasteiger partial charge in [0.05, 0.1) is 5.39 Å². The maximum atomic E-state index is 4.67. The van der Waals surface area contributed by atoms with Crippen molar-refractivity contribution in [2.45, 2.75) is 19.9 Å². The van der Waals surface area contributed by atoms with Crippen LogP contribution < -0.4 is 4.90 Å². The van der Waals surface area contributed by atoms with Gasteiger partial charge in [0.25, 0.3) is 0 Å². The summed E-state index contributed by atoms with van der Waals surface area (Å²) >= 11 is 1.69. The summed E-state index contributed by atoms with van der Waals surface area (Å²) in [6.07, 6.45) is 2.68. The Balaban J connectivity index is 1.68. The van der Waals surface area contributed by atoms with Crippen LogP contribution in [0.25, 0.3) is 10.2 Å². The molecule has 4 heteroatoms. The molecule has 0 aliphatic carbocycles. The largest absolute Gasteiger partial charge is 0.351 e. The van der Waals surface area contributed by atoms with Crippen molar-refractivity contribution >= 4 is 27.4 Å². The van der Waals surface area contributed by atoms with E-state index >= 15 is 0 Å². The minimum Gasteiger partial charge on any atom is -0.351 e. The van der Waals surface area contributed by atoms with Gasteiger partial charge in [0.2, 0.25) is 0 Å². The molecule has 0 unspecified atom stereocenters. The van der Waals surface area contributed by atoms with Gasteiger partial charge in [-0.3, -0.25) is 0 Å². The van der Waals surface area contributed by atoms with Gasteiger partial charge in [-0.2, -0.15) is 0 Å². The third kappa shape index (κ3) is 3.60. The summed E-state index contributed by atoms with van der Waals surface area (Å²) in [5, 5.41) is 3.35. The molecule has 3 nitrogen and oxygen atoms in total. The molecule has 26 heavy (non-hydrogen) atoms. The van der Waals surface area contributed by atoms with Crippen molar-refractivity contribution in [2.24, 2.45) is 0 Å². The van der Waals surface area contributed by atoms with E-state index in [0.717, 1.165) is 30.2 Å². The Morgan fingerprint density at radius 2 is 1.58 bits per heavy atom. The fourth-order valence-electron chi connectivity index (χ4n) is 3.21. The number of hydrogen-bond acceptors (Lipinski definition) is 4. The van der Waals surface area contributed by atoms with Crippen molar-refractivity contribution in [3.63, 3.8) is 0 Å². The number of nitrogens with zero attached hydrogens (tertiary/aromatic N) is 3. The lowest BCUT2D eigenvalue weighted by atomic mass is 10.1. The van der Waals surface area contributed by atoms with Crippen LogP contribution in [0.3, 0.4) is 0 Å². The van der Waals surface area contributed by atoms with Crippen molar-refractivity contribution in [3.05, 3.63) is 89.1 Å². The lowest BCUT2D eigenvalue weighted by molar-refractivity contribution is 0.771. The number of hydrogen-bond donors (Lipinski definition) is 0. The Labute approximate surface area is 158 Å². The molecule has 0 saturated carbocycles. The number of fused-ring (bicyclic) bond motifs is 1. The zero-order chi connectivity index (χ0) is 17.8. The molecule has 0 amide bonds. The number of benzene rings is 2. The van der Waals surface area contributed by atoms with Gasteiger partial charge in [-0.05, 0) is 35.4 Å². The van der Waals surface area contributed by atoms with Gasteiger partial charge in [0.15, 0.2) is 0 Å². The van der Waals surface area contributed by atoms with Crippen molar-refractivity contribution in [1.29, 1.82) is 0 Å². The first-order chi connectivity index (χ1) is 12.8. The first kappa shape index (κ1) is 16.7. The lowest BCUT2D eigenvalue weighted by Gasteiger charge is -2.25. The molecule has 0 radical (unpaired) electrons. The molecule has 4 aromatic rings. The number of anilines is 1. The Bertz CT molecular complexity index is 980. The van der Waals surface area contributed by atoms with Gasteiger partial charge >= 0.3 is 0 Å². The minimum atomic E-state index is 0.842. The van der Waals surface area contributed by atoms with E-state index in [0.29, 0.717) is 0 Å². The summed E-state index contributed by atoms with van der Waals surface area (Å²) in [5.41, 5.74) is 3.89. The van der Waals surface area contributed by atoms with Gasteiger partial charge in [-0.15, -0.1) is 11.3 Å². The van der Waals surface area contributed by atoms with Crippen molar-refractivity contribution in [2.75, 3.05) is 11.4 Å². The van der Waals surface area contributed by atoms with Crippen molar-refractivity contribution in [3.8, 4) is 0 Å². The fraction of sp³-hybridized carbons (Fsp3) is 0.182. The van der Waals surface area contributed by atoms with E-state index < -0.39 is 0 Å². The Morgan fingerprint density at radius 3 is 2.31 bits per heavy atom. The molecule has 0 aliphatic rings. The molecule has 2 aromatic heterocycles. The molecule has 0 atom stereocenters. The van der Waals surface area contributed by atoms with Crippen LogP contribution in [0.2, 0.25) is 0 Å². The Kier molecular flexibility index (Phi) is 4.93. The molecule has 0 fully saturated rings. The second-order valence-corrected chi connectivity index (χ2v) is 7.30. The average molecular weight is 359 g/mol. The first-order valence-electron chi connectivity index (χ1n) is 8.83.